The molecule has 25 heavy (non-hydrogen) atoms. The third kappa shape index (κ3) is 5.72. The number of hydrogen-bond acceptors (Lipinski definition) is 2. The Bertz CT molecular complexity index is 422. The molecule has 2 heterocycles. The Morgan fingerprint density at radius 1 is 1.12 bits per heavy atom. The Morgan fingerprint density at radius 3 is 2.60 bits per heavy atom. The van der Waals surface area contributed by atoms with Crippen LogP contribution in [0.15, 0.2) is 4.99 Å². The predicted octanol–water partition coefficient (Wildman–Crippen LogP) is 4.10. The summed E-state index contributed by atoms with van der Waals surface area (Å²) >= 11 is 0. The zero-order valence-corrected chi connectivity index (χ0v) is 18.8. The summed E-state index contributed by atoms with van der Waals surface area (Å²) in [7, 11) is 0. The summed E-state index contributed by atoms with van der Waals surface area (Å²) < 4.78 is 0. The van der Waals surface area contributed by atoms with Crippen molar-refractivity contribution in [1.82, 2.24) is 15.1 Å². The maximum absolute atomic E-state index is 4.93. The molecule has 0 bridgehead atoms. The number of nitrogens with zero attached hydrogens (tertiary/aromatic N) is 3. The summed E-state index contributed by atoms with van der Waals surface area (Å²) in [5, 5.41) is 3.52. The van der Waals surface area contributed by atoms with E-state index in [0.717, 1.165) is 19.1 Å². The van der Waals surface area contributed by atoms with Crippen LogP contribution in [0.5, 0.6) is 0 Å². The fraction of sp³-hybridized carbons (Fsp3) is 0.950. The normalized spacial score (nSPS) is 26.4. The third-order valence-electron chi connectivity index (χ3n) is 6.54. The van der Waals surface area contributed by atoms with Gasteiger partial charge in [-0.1, -0.05) is 12.8 Å². The Kier molecular flexibility index (Phi) is 8.79. The number of aliphatic imine (C=N–C) groups is 1. The van der Waals surface area contributed by atoms with Crippen molar-refractivity contribution in [1.29, 1.82) is 0 Å². The zero-order chi connectivity index (χ0) is 16.8. The molecule has 2 aliphatic heterocycles. The van der Waals surface area contributed by atoms with Crippen molar-refractivity contribution >= 4 is 29.9 Å². The van der Waals surface area contributed by atoms with Gasteiger partial charge in [-0.3, -0.25) is 4.99 Å². The van der Waals surface area contributed by atoms with Gasteiger partial charge in [-0.2, -0.15) is 0 Å². The van der Waals surface area contributed by atoms with Gasteiger partial charge in [0.2, 0.25) is 0 Å². The van der Waals surface area contributed by atoms with Crippen molar-refractivity contribution in [2.75, 3.05) is 39.3 Å². The number of likely N-dealkylation sites (tertiary alicyclic amines) is 2. The van der Waals surface area contributed by atoms with Crippen molar-refractivity contribution in [2.45, 2.75) is 77.7 Å². The van der Waals surface area contributed by atoms with Crippen LogP contribution in [0.3, 0.4) is 0 Å². The highest BCUT2D eigenvalue weighted by molar-refractivity contribution is 14.0. The summed E-state index contributed by atoms with van der Waals surface area (Å²) in [5.74, 6) is 1.17. The molecule has 0 amide bonds. The summed E-state index contributed by atoms with van der Waals surface area (Å²) in [5.41, 5.74) is 0.653. The van der Waals surface area contributed by atoms with Gasteiger partial charge in [-0.15, -0.1) is 24.0 Å². The van der Waals surface area contributed by atoms with Gasteiger partial charge in [0.25, 0.3) is 0 Å². The number of nitrogens with one attached hydrogen (secondary N) is 1. The van der Waals surface area contributed by atoms with E-state index in [-0.39, 0.29) is 24.0 Å². The van der Waals surface area contributed by atoms with E-state index in [1.54, 1.807) is 0 Å². The first kappa shape index (κ1) is 21.3. The van der Waals surface area contributed by atoms with E-state index in [4.69, 9.17) is 4.99 Å². The minimum atomic E-state index is 0. The lowest BCUT2D eigenvalue weighted by atomic mass is 9.68. The molecule has 0 aromatic rings. The lowest BCUT2D eigenvalue weighted by Gasteiger charge is -2.38. The number of unbranched alkanes of at least 4 members (excludes halogenated alkanes) is 1. The van der Waals surface area contributed by atoms with Crippen molar-refractivity contribution < 1.29 is 0 Å². The van der Waals surface area contributed by atoms with Crippen LogP contribution < -0.4 is 5.32 Å². The fourth-order valence-corrected chi connectivity index (χ4v) is 4.73. The molecule has 1 N–H and O–H groups in total. The molecule has 1 aliphatic carbocycles. The molecule has 146 valence electrons. The van der Waals surface area contributed by atoms with Gasteiger partial charge < -0.3 is 15.1 Å². The summed E-state index contributed by atoms with van der Waals surface area (Å²) in [6.07, 6.45) is 12.4. The summed E-state index contributed by atoms with van der Waals surface area (Å²) in [6.45, 7) is 11.6. The fourth-order valence-electron chi connectivity index (χ4n) is 4.73. The number of guanidine groups is 1. The standard InChI is InChI=1S/C20H38N4.HI/c1-3-21-19(24-16-12-20(17-24)10-8-11-20)22-13-5-7-15-23-14-6-4-9-18(23)2;/h18H,3-17H2,1-2H3,(H,21,22);1H. The molecule has 3 aliphatic rings. The Labute approximate surface area is 172 Å². The number of piperidine rings is 1. The monoisotopic (exact) mass is 462 g/mol. The van der Waals surface area contributed by atoms with Gasteiger partial charge in [0.15, 0.2) is 5.96 Å². The molecule has 3 rings (SSSR count). The van der Waals surface area contributed by atoms with Crippen LogP contribution in [0.4, 0.5) is 0 Å². The van der Waals surface area contributed by atoms with Gasteiger partial charge in [-0.05, 0) is 77.3 Å². The molecular weight excluding hydrogens is 423 g/mol. The van der Waals surface area contributed by atoms with Crippen LogP contribution in [0.25, 0.3) is 0 Å². The smallest absolute Gasteiger partial charge is 0.193 e. The van der Waals surface area contributed by atoms with E-state index in [0.29, 0.717) is 5.41 Å². The summed E-state index contributed by atoms with van der Waals surface area (Å²) in [4.78, 5) is 10.1. The SMILES string of the molecule is CCNC(=NCCCCN1CCCCC1C)N1CCC2(CCC2)C1.I. The molecule has 2 saturated heterocycles. The van der Waals surface area contributed by atoms with Gasteiger partial charge in [-0.25, -0.2) is 0 Å². The second-order valence-electron chi connectivity index (χ2n) is 8.35. The van der Waals surface area contributed by atoms with Crippen LogP contribution >= 0.6 is 24.0 Å². The largest absolute Gasteiger partial charge is 0.357 e. The van der Waals surface area contributed by atoms with Crippen LogP contribution in [0.2, 0.25) is 0 Å². The van der Waals surface area contributed by atoms with E-state index in [2.05, 4.69) is 29.0 Å². The highest BCUT2D eigenvalue weighted by Gasteiger charge is 2.43. The van der Waals surface area contributed by atoms with E-state index in [1.807, 2.05) is 0 Å². The van der Waals surface area contributed by atoms with E-state index in [9.17, 15) is 0 Å². The molecule has 0 aromatic carbocycles. The van der Waals surface area contributed by atoms with E-state index < -0.39 is 0 Å². The second-order valence-corrected chi connectivity index (χ2v) is 8.35. The topological polar surface area (TPSA) is 30.9 Å². The molecule has 0 radical (unpaired) electrons. The van der Waals surface area contributed by atoms with Gasteiger partial charge >= 0.3 is 0 Å². The van der Waals surface area contributed by atoms with Crippen LogP contribution in [-0.2, 0) is 0 Å². The van der Waals surface area contributed by atoms with Gasteiger partial charge in [0.1, 0.15) is 0 Å². The molecule has 1 unspecified atom stereocenters. The average Bonchev–Trinajstić information content (AvgIpc) is 3.01. The minimum Gasteiger partial charge on any atom is -0.357 e. The molecule has 4 nitrogen and oxygen atoms in total. The van der Waals surface area contributed by atoms with Crippen LogP contribution in [0, 0.1) is 5.41 Å². The molecule has 0 aromatic heterocycles. The van der Waals surface area contributed by atoms with Crippen LogP contribution in [0.1, 0.15) is 71.6 Å². The quantitative estimate of drug-likeness (QED) is 0.279. The van der Waals surface area contributed by atoms with Crippen molar-refractivity contribution in [3.05, 3.63) is 0 Å². The zero-order valence-electron chi connectivity index (χ0n) is 16.4. The first-order valence-electron chi connectivity index (χ1n) is 10.5. The number of halogens is 1. The van der Waals surface area contributed by atoms with Crippen molar-refractivity contribution in [2.24, 2.45) is 10.4 Å². The lowest BCUT2D eigenvalue weighted by Crippen LogP contribution is -2.42. The van der Waals surface area contributed by atoms with Crippen molar-refractivity contribution in [3.8, 4) is 0 Å². The first-order valence-corrected chi connectivity index (χ1v) is 10.5. The Morgan fingerprint density at radius 2 is 1.96 bits per heavy atom. The highest BCUT2D eigenvalue weighted by Crippen LogP contribution is 2.47. The van der Waals surface area contributed by atoms with E-state index in [1.165, 1.54) is 89.9 Å². The molecule has 3 fully saturated rings. The molecule has 5 heteroatoms. The number of rotatable bonds is 6. The van der Waals surface area contributed by atoms with Crippen LogP contribution in [-0.4, -0.2) is 61.1 Å². The highest BCUT2D eigenvalue weighted by atomic mass is 127. The first-order chi connectivity index (χ1) is 11.7. The van der Waals surface area contributed by atoms with E-state index >= 15 is 0 Å². The molecule has 1 spiro atoms. The Hall–Kier alpha value is -0.0400. The summed E-state index contributed by atoms with van der Waals surface area (Å²) in [6, 6.07) is 0.794. The number of hydrogen-bond donors (Lipinski definition) is 1. The predicted molar refractivity (Wildman–Crippen MR) is 118 cm³/mol. The maximum atomic E-state index is 4.93. The van der Waals surface area contributed by atoms with Gasteiger partial charge in [0.05, 0.1) is 0 Å². The molecule has 1 saturated carbocycles. The molecular formula is C20H39IN4. The van der Waals surface area contributed by atoms with Crippen molar-refractivity contribution in [3.63, 3.8) is 0 Å². The maximum Gasteiger partial charge on any atom is 0.193 e. The average molecular weight is 462 g/mol. The minimum absolute atomic E-state index is 0. The Balaban J connectivity index is 0.00000225. The lowest BCUT2D eigenvalue weighted by molar-refractivity contribution is 0.151. The molecule has 1 atom stereocenters. The van der Waals surface area contributed by atoms with Gasteiger partial charge in [0, 0.05) is 32.2 Å². The second kappa shape index (κ2) is 10.3. The third-order valence-corrected chi connectivity index (χ3v) is 6.54.